The number of nitrogens with one attached hydrogen (secondary N) is 1. The maximum atomic E-state index is 11.2. The van der Waals surface area contributed by atoms with Crippen molar-refractivity contribution < 1.29 is 14.2 Å². The Morgan fingerprint density at radius 1 is 1.63 bits per heavy atom. The minimum Gasteiger partial charge on any atom is -0.351 e. The van der Waals surface area contributed by atoms with Crippen LogP contribution in [0, 0.1) is 17.0 Å². The number of nitro groups is 1. The van der Waals surface area contributed by atoms with E-state index in [1.165, 1.54) is 24.9 Å². The summed E-state index contributed by atoms with van der Waals surface area (Å²) in [5.74, 6) is -0.465. The Labute approximate surface area is 106 Å². The van der Waals surface area contributed by atoms with Crippen LogP contribution in [0.4, 0.5) is 5.69 Å². The van der Waals surface area contributed by atoms with Gasteiger partial charge in [0, 0.05) is 7.05 Å². The number of aryl methyl sites for hydroxylation is 1. The average molecular weight is 266 g/mol. The third-order valence-electron chi connectivity index (χ3n) is 2.31. The SMILES string of the molecule is CNC(=O)c1nc(Cn2cc([N+](=O)[O-])c(C)n2)no1. The molecule has 2 heterocycles. The number of hydrogen-bond acceptors (Lipinski definition) is 7. The van der Waals surface area contributed by atoms with Gasteiger partial charge in [0.25, 0.3) is 0 Å². The summed E-state index contributed by atoms with van der Waals surface area (Å²) in [6, 6.07) is 0. The van der Waals surface area contributed by atoms with Crippen LogP contribution >= 0.6 is 0 Å². The van der Waals surface area contributed by atoms with Gasteiger partial charge in [-0.3, -0.25) is 19.6 Å². The molecule has 0 radical (unpaired) electrons. The van der Waals surface area contributed by atoms with E-state index in [1.54, 1.807) is 0 Å². The van der Waals surface area contributed by atoms with Gasteiger partial charge in [-0.1, -0.05) is 5.16 Å². The lowest BCUT2D eigenvalue weighted by molar-refractivity contribution is -0.385. The fourth-order valence-corrected chi connectivity index (χ4v) is 1.43. The van der Waals surface area contributed by atoms with Crippen molar-refractivity contribution in [2.24, 2.45) is 0 Å². The fraction of sp³-hybridized carbons (Fsp3) is 0.333. The fourth-order valence-electron chi connectivity index (χ4n) is 1.43. The van der Waals surface area contributed by atoms with Crippen LogP contribution in [0.5, 0.6) is 0 Å². The van der Waals surface area contributed by atoms with Gasteiger partial charge in [0.15, 0.2) is 5.82 Å². The van der Waals surface area contributed by atoms with E-state index in [2.05, 4.69) is 20.6 Å². The third kappa shape index (κ3) is 2.56. The zero-order valence-electron chi connectivity index (χ0n) is 10.2. The van der Waals surface area contributed by atoms with Crippen LogP contribution in [0.2, 0.25) is 0 Å². The maximum absolute atomic E-state index is 11.2. The van der Waals surface area contributed by atoms with Crippen LogP contribution < -0.4 is 5.32 Å². The van der Waals surface area contributed by atoms with E-state index < -0.39 is 10.8 Å². The molecule has 0 fully saturated rings. The van der Waals surface area contributed by atoms with E-state index in [4.69, 9.17) is 4.52 Å². The number of hydrogen-bond donors (Lipinski definition) is 1. The summed E-state index contributed by atoms with van der Waals surface area (Å²) in [6.45, 7) is 1.61. The number of carbonyl (C=O) groups is 1. The normalized spacial score (nSPS) is 10.4. The van der Waals surface area contributed by atoms with Crippen molar-refractivity contribution >= 4 is 11.6 Å². The summed E-state index contributed by atoms with van der Waals surface area (Å²) in [5, 5.41) is 20.5. The van der Waals surface area contributed by atoms with E-state index in [0.29, 0.717) is 5.69 Å². The van der Waals surface area contributed by atoms with E-state index in [-0.39, 0.29) is 23.9 Å². The zero-order valence-corrected chi connectivity index (χ0v) is 10.2. The second-order valence-corrected chi connectivity index (χ2v) is 3.65. The smallest absolute Gasteiger partial charge is 0.315 e. The van der Waals surface area contributed by atoms with E-state index in [1.807, 2.05) is 0 Å². The Kier molecular flexibility index (Phi) is 3.23. The molecule has 19 heavy (non-hydrogen) atoms. The lowest BCUT2D eigenvalue weighted by Gasteiger charge is -1.93. The van der Waals surface area contributed by atoms with Crippen molar-refractivity contribution in [3.8, 4) is 0 Å². The third-order valence-corrected chi connectivity index (χ3v) is 2.31. The van der Waals surface area contributed by atoms with Crippen molar-refractivity contribution in [1.29, 1.82) is 0 Å². The molecule has 100 valence electrons. The van der Waals surface area contributed by atoms with Gasteiger partial charge in [-0.15, -0.1) is 0 Å². The average Bonchev–Trinajstić information content (AvgIpc) is 2.95. The quantitative estimate of drug-likeness (QED) is 0.603. The lowest BCUT2D eigenvalue weighted by Crippen LogP contribution is -2.18. The van der Waals surface area contributed by atoms with Gasteiger partial charge in [0.1, 0.15) is 18.4 Å². The molecule has 0 atom stereocenters. The van der Waals surface area contributed by atoms with Gasteiger partial charge in [0.2, 0.25) is 0 Å². The highest BCUT2D eigenvalue weighted by Gasteiger charge is 2.18. The minimum absolute atomic E-state index is 0.0785. The first-order valence-corrected chi connectivity index (χ1v) is 5.24. The van der Waals surface area contributed by atoms with Gasteiger partial charge >= 0.3 is 17.5 Å². The Hall–Kier alpha value is -2.78. The van der Waals surface area contributed by atoms with Crippen molar-refractivity contribution in [1.82, 2.24) is 25.2 Å². The molecule has 2 rings (SSSR count). The summed E-state index contributed by atoms with van der Waals surface area (Å²) in [6.07, 6.45) is 1.27. The summed E-state index contributed by atoms with van der Waals surface area (Å²) in [4.78, 5) is 25.2. The molecule has 0 aliphatic rings. The molecule has 0 aromatic carbocycles. The van der Waals surface area contributed by atoms with E-state index in [0.717, 1.165) is 0 Å². The molecule has 2 aromatic rings. The maximum Gasteiger partial charge on any atom is 0.315 e. The highest BCUT2D eigenvalue weighted by atomic mass is 16.6. The molecule has 0 aliphatic heterocycles. The first-order valence-electron chi connectivity index (χ1n) is 5.24. The first-order chi connectivity index (χ1) is 9.01. The number of rotatable bonds is 4. The molecule has 10 heteroatoms. The van der Waals surface area contributed by atoms with Crippen LogP contribution in [0.25, 0.3) is 0 Å². The highest BCUT2D eigenvalue weighted by molar-refractivity contribution is 5.89. The Balaban J connectivity index is 2.17. The topological polar surface area (TPSA) is 129 Å². The highest BCUT2D eigenvalue weighted by Crippen LogP contribution is 2.15. The summed E-state index contributed by atoms with van der Waals surface area (Å²) >= 11 is 0. The van der Waals surface area contributed by atoms with Crippen LogP contribution in [0.15, 0.2) is 10.7 Å². The predicted molar refractivity (Wildman–Crippen MR) is 60.4 cm³/mol. The molecule has 2 aromatic heterocycles. The largest absolute Gasteiger partial charge is 0.351 e. The van der Waals surface area contributed by atoms with Gasteiger partial charge in [-0.2, -0.15) is 10.1 Å². The molecule has 0 bridgehead atoms. The molecule has 0 saturated carbocycles. The number of nitrogens with zero attached hydrogens (tertiary/aromatic N) is 5. The van der Waals surface area contributed by atoms with Crippen molar-refractivity contribution in [2.75, 3.05) is 7.05 Å². The minimum atomic E-state index is -0.523. The van der Waals surface area contributed by atoms with Gasteiger partial charge < -0.3 is 9.84 Å². The first kappa shape index (κ1) is 12.7. The number of aromatic nitrogens is 4. The standard InChI is InChI=1S/C9H10N6O4/c1-5-6(15(17)18)3-14(12-5)4-7-11-9(19-13-7)8(16)10-2/h3H,4H2,1-2H3,(H,10,16). The molecule has 10 nitrogen and oxygen atoms in total. The Morgan fingerprint density at radius 3 is 2.95 bits per heavy atom. The number of carbonyl (C=O) groups excluding carboxylic acids is 1. The molecule has 0 unspecified atom stereocenters. The zero-order chi connectivity index (χ0) is 14.0. The molecule has 1 N–H and O–H groups in total. The second kappa shape index (κ2) is 4.84. The van der Waals surface area contributed by atoms with Crippen molar-refractivity contribution in [3.05, 3.63) is 33.7 Å². The monoisotopic (exact) mass is 266 g/mol. The van der Waals surface area contributed by atoms with Crippen molar-refractivity contribution in [3.63, 3.8) is 0 Å². The van der Waals surface area contributed by atoms with Crippen molar-refractivity contribution in [2.45, 2.75) is 13.5 Å². The van der Waals surface area contributed by atoms with Crippen LogP contribution in [0.1, 0.15) is 22.2 Å². The summed E-state index contributed by atoms with van der Waals surface area (Å²) in [5.41, 5.74) is 0.204. The molecule has 0 spiro atoms. The van der Waals surface area contributed by atoms with Gasteiger partial charge in [-0.05, 0) is 6.92 Å². The molecule has 1 amide bonds. The number of amides is 1. The molecule has 0 saturated heterocycles. The molecular weight excluding hydrogens is 256 g/mol. The van der Waals surface area contributed by atoms with E-state index in [9.17, 15) is 14.9 Å². The van der Waals surface area contributed by atoms with Crippen LogP contribution in [0.3, 0.4) is 0 Å². The van der Waals surface area contributed by atoms with Crippen LogP contribution in [-0.2, 0) is 6.54 Å². The second-order valence-electron chi connectivity index (χ2n) is 3.65. The summed E-state index contributed by atoms with van der Waals surface area (Å²) < 4.78 is 6.04. The predicted octanol–water partition coefficient (Wildman–Crippen LogP) is -0.109. The van der Waals surface area contributed by atoms with Crippen LogP contribution in [-0.4, -0.2) is 37.8 Å². The van der Waals surface area contributed by atoms with Gasteiger partial charge in [-0.25, -0.2) is 0 Å². The van der Waals surface area contributed by atoms with Gasteiger partial charge in [0.05, 0.1) is 4.92 Å². The Bertz CT molecular complexity index is 630. The molecular formula is C9H10N6O4. The lowest BCUT2D eigenvalue weighted by atomic mass is 10.4. The summed E-state index contributed by atoms with van der Waals surface area (Å²) in [7, 11) is 1.44. The molecule has 0 aliphatic carbocycles. The Morgan fingerprint density at radius 2 is 2.37 bits per heavy atom. The van der Waals surface area contributed by atoms with E-state index >= 15 is 0 Å².